The summed E-state index contributed by atoms with van der Waals surface area (Å²) in [5, 5.41) is 0. The van der Waals surface area contributed by atoms with Gasteiger partial charge in [-0.2, -0.15) is 0 Å². The average Bonchev–Trinajstić information content (AvgIpc) is 1.00. The van der Waals surface area contributed by atoms with E-state index in [4.69, 9.17) is 3.40 Å². The van der Waals surface area contributed by atoms with Crippen LogP contribution >= 0.6 is 0 Å². The van der Waals surface area contributed by atoms with Gasteiger partial charge in [-0.05, 0) is 0 Å². The van der Waals surface area contributed by atoms with Crippen molar-refractivity contribution in [3.8, 4) is 0 Å². The van der Waals surface area contributed by atoms with Gasteiger partial charge in [0.1, 0.15) is 0 Å². The van der Waals surface area contributed by atoms with Crippen LogP contribution in [0.4, 0.5) is 0 Å². The fourth-order valence-corrected chi connectivity index (χ4v) is 0. The van der Waals surface area contributed by atoms with Crippen molar-refractivity contribution >= 4 is 49.3 Å². The minimum atomic E-state index is 0. The zero-order valence-corrected chi connectivity index (χ0v) is 8.87. The summed E-state index contributed by atoms with van der Waals surface area (Å²) in [6.07, 6.45) is 0. The van der Waals surface area contributed by atoms with Gasteiger partial charge in [0.2, 0.25) is 0 Å². The molecule has 0 atom stereocenters. The van der Waals surface area contributed by atoms with Crippen molar-refractivity contribution in [1.82, 2.24) is 0 Å². The van der Waals surface area contributed by atoms with Gasteiger partial charge < -0.3 is 0 Å². The van der Waals surface area contributed by atoms with Crippen LogP contribution < -0.4 is 0 Å². The Bertz CT molecular complexity index is 8.00. The average molecular weight is 345 g/mol. The van der Waals surface area contributed by atoms with Crippen LogP contribution in [0.5, 0.6) is 0 Å². The van der Waals surface area contributed by atoms with Crippen LogP contribution in [0.3, 0.4) is 0 Å². The van der Waals surface area contributed by atoms with Crippen LogP contribution in [0, 0.1) is 0 Å². The monoisotopic (exact) mass is 347 g/mol. The molecule has 5 radical (unpaired) electrons. The third kappa shape index (κ3) is 8.91. The molecule has 0 bridgehead atoms. The summed E-state index contributed by atoms with van der Waals surface area (Å²) < 4.78 is 8.26. The maximum atomic E-state index is 8.26. The Morgan fingerprint density at radius 2 is 1.25 bits per heavy atom. The molecule has 0 amide bonds. The van der Waals surface area contributed by atoms with Crippen molar-refractivity contribution in [1.29, 1.82) is 0 Å². The summed E-state index contributed by atoms with van der Waals surface area (Å²) in [6, 6.07) is 0. The standard InChI is InChI=1S/Bi.Mg.Mo.O. The molecule has 1 nitrogen and oxygen atoms in total. The molecule has 4 heteroatoms. The van der Waals surface area contributed by atoms with E-state index in [-0.39, 0.29) is 49.3 Å². The van der Waals surface area contributed by atoms with Crippen LogP contribution in [0.25, 0.3) is 0 Å². The molecule has 0 saturated heterocycles. The van der Waals surface area contributed by atoms with Gasteiger partial charge in [0.05, 0.1) is 0 Å². The second-order valence-corrected chi connectivity index (χ2v) is 0. The Hall–Kier alpha value is 2.14. The molecule has 0 aliphatic carbocycles. The molecule has 0 aliphatic heterocycles. The Morgan fingerprint density at radius 3 is 1.25 bits per heavy atom. The second kappa shape index (κ2) is 19.2. The molecule has 4 heavy (non-hydrogen) atoms. The van der Waals surface area contributed by atoms with Crippen LogP contribution in [0.15, 0.2) is 0 Å². The zero-order chi connectivity index (χ0) is 2.00. The van der Waals surface area contributed by atoms with Crippen molar-refractivity contribution in [2.75, 3.05) is 0 Å². The van der Waals surface area contributed by atoms with Gasteiger partial charge in [0, 0.05) is 49.3 Å². The van der Waals surface area contributed by atoms with Crippen LogP contribution in [0.1, 0.15) is 0 Å². The summed E-state index contributed by atoms with van der Waals surface area (Å²) in [4.78, 5) is 0. The normalized spacial score (nSPS) is 1.00. The third-order valence-electron chi connectivity index (χ3n) is 0. The van der Waals surface area contributed by atoms with Crippen molar-refractivity contribution in [3.63, 3.8) is 0 Å². The summed E-state index contributed by atoms with van der Waals surface area (Å²) in [6.45, 7) is 0. The molecule has 0 aromatic heterocycles. The van der Waals surface area contributed by atoms with E-state index in [2.05, 4.69) is 0 Å². The van der Waals surface area contributed by atoms with E-state index in [0.29, 0.717) is 19.8 Å². The maximum absolute atomic E-state index is 8.26. The number of hydrogen-bond acceptors (Lipinski definition) is 1. The zero-order valence-electron chi connectivity index (χ0n) is 1.97. The van der Waals surface area contributed by atoms with Gasteiger partial charge >= 0.3 is 23.2 Å². The molecule has 0 unspecified atom stereocenters. The van der Waals surface area contributed by atoms with E-state index in [0.717, 1.165) is 0 Å². The molecular weight excluding hydrogens is 345 g/mol. The molecular formula is BiMgMoO. The Kier molecular flexibility index (Phi) is 79.2. The van der Waals surface area contributed by atoms with Crippen molar-refractivity contribution in [2.45, 2.75) is 0 Å². The first-order valence-corrected chi connectivity index (χ1v) is 0.986. The molecule has 0 aliphatic rings. The van der Waals surface area contributed by atoms with E-state index >= 15 is 0 Å². The molecule has 0 aromatic carbocycles. The molecule has 0 saturated carbocycles. The van der Waals surface area contributed by atoms with E-state index in [1.54, 1.807) is 0 Å². The van der Waals surface area contributed by atoms with Crippen LogP contribution in [0.2, 0.25) is 0 Å². The SMILES string of the molecule is [Bi].[Mg].[O]=[Mo]. The first-order valence-electron chi connectivity index (χ1n) is 0.167. The fraction of sp³-hybridized carbons (Fsp3) is 0. The van der Waals surface area contributed by atoms with Crippen LogP contribution in [-0.4, -0.2) is 49.3 Å². The summed E-state index contributed by atoms with van der Waals surface area (Å²) in [5.41, 5.74) is 0. The molecule has 19 valence electrons. The topological polar surface area (TPSA) is 17.1 Å². The van der Waals surface area contributed by atoms with E-state index in [9.17, 15) is 0 Å². The molecule has 0 rings (SSSR count). The van der Waals surface area contributed by atoms with Gasteiger partial charge in [-0.25, -0.2) is 0 Å². The molecule has 0 N–H and O–H groups in total. The summed E-state index contributed by atoms with van der Waals surface area (Å²) in [5.74, 6) is 0. The van der Waals surface area contributed by atoms with E-state index in [1.807, 2.05) is 0 Å². The van der Waals surface area contributed by atoms with Gasteiger partial charge in [-0.1, -0.05) is 0 Å². The first kappa shape index (κ1) is 16.5. The third-order valence-corrected chi connectivity index (χ3v) is 0. The Morgan fingerprint density at radius 1 is 1.25 bits per heavy atom. The molecule has 0 heterocycles. The summed E-state index contributed by atoms with van der Waals surface area (Å²) >= 11 is 0.700. The Labute approximate surface area is 71.4 Å². The Balaban J connectivity index is -0.00000000500. The van der Waals surface area contributed by atoms with Gasteiger partial charge in [0.15, 0.2) is 0 Å². The number of rotatable bonds is 0. The summed E-state index contributed by atoms with van der Waals surface area (Å²) in [7, 11) is 0. The fourth-order valence-electron chi connectivity index (χ4n) is 0. The van der Waals surface area contributed by atoms with Crippen molar-refractivity contribution in [3.05, 3.63) is 0 Å². The molecule has 0 aromatic rings. The van der Waals surface area contributed by atoms with E-state index in [1.165, 1.54) is 0 Å². The van der Waals surface area contributed by atoms with Crippen molar-refractivity contribution in [2.24, 2.45) is 0 Å². The van der Waals surface area contributed by atoms with Crippen molar-refractivity contribution < 1.29 is 23.2 Å². The predicted octanol–water partition coefficient (Wildman–Crippen LogP) is -0.883. The van der Waals surface area contributed by atoms with Gasteiger partial charge in [0.25, 0.3) is 0 Å². The number of hydrogen-bond donors (Lipinski definition) is 0. The van der Waals surface area contributed by atoms with E-state index < -0.39 is 0 Å². The predicted molar refractivity (Wildman–Crippen MR) is 12.2 cm³/mol. The van der Waals surface area contributed by atoms with Gasteiger partial charge in [-0.15, -0.1) is 0 Å². The van der Waals surface area contributed by atoms with Crippen LogP contribution in [-0.2, 0) is 23.2 Å². The quantitative estimate of drug-likeness (QED) is 0.521. The second-order valence-electron chi connectivity index (χ2n) is 0. The first-order chi connectivity index (χ1) is 1.00. The molecule has 0 spiro atoms. The molecule has 0 fully saturated rings. The van der Waals surface area contributed by atoms with Gasteiger partial charge in [-0.3, -0.25) is 0 Å². The minimum absolute atomic E-state index is 0.